The molecule has 2 aromatic rings. The van der Waals surface area contributed by atoms with E-state index in [0.29, 0.717) is 22.2 Å². The first kappa shape index (κ1) is 18.4. The van der Waals surface area contributed by atoms with E-state index in [1.54, 1.807) is 18.2 Å². The van der Waals surface area contributed by atoms with Gasteiger partial charge in [0.05, 0.1) is 14.2 Å². The van der Waals surface area contributed by atoms with Crippen LogP contribution in [0, 0.1) is 11.3 Å². The van der Waals surface area contributed by atoms with Gasteiger partial charge in [0.25, 0.3) is 5.91 Å². The zero-order valence-electron chi connectivity index (χ0n) is 14.2. The van der Waals surface area contributed by atoms with Crippen LogP contribution in [0.3, 0.4) is 0 Å². The third-order valence-corrected chi connectivity index (χ3v) is 4.13. The number of aromatic nitrogens is 2. The molecule has 2 rings (SSSR count). The Morgan fingerprint density at radius 3 is 2.72 bits per heavy atom. The van der Waals surface area contributed by atoms with Crippen LogP contribution >= 0.6 is 11.3 Å². The van der Waals surface area contributed by atoms with E-state index in [2.05, 4.69) is 15.5 Å². The highest BCUT2D eigenvalue weighted by Crippen LogP contribution is 2.28. The van der Waals surface area contributed by atoms with Crippen LogP contribution in [-0.2, 0) is 11.2 Å². The number of methoxy groups -OCH3 is 2. The van der Waals surface area contributed by atoms with Crippen LogP contribution in [0.1, 0.15) is 23.9 Å². The summed E-state index contributed by atoms with van der Waals surface area (Å²) in [5.41, 5.74) is 0.604. The number of rotatable bonds is 7. The van der Waals surface area contributed by atoms with Gasteiger partial charge < -0.3 is 9.47 Å². The molecule has 8 heteroatoms. The van der Waals surface area contributed by atoms with Crippen LogP contribution in [0.5, 0.6) is 11.5 Å². The van der Waals surface area contributed by atoms with E-state index in [4.69, 9.17) is 9.47 Å². The molecule has 0 radical (unpaired) electrons. The van der Waals surface area contributed by atoms with E-state index in [1.807, 2.05) is 13.0 Å². The number of hydrogen-bond donors (Lipinski definition) is 1. The molecule has 1 aromatic heterocycles. The molecule has 0 saturated heterocycles. The van der Waals surface area contributed by atoms with Crippen molar-refractivity contribution in [3.8, 4) is 17.6 Å². The van der Waals surface area contributed by atoms with Gasteiger partial charge in [-0.05, 0) is 30.2 Å². The summed E-state index contributed by atoms with van der Waals surface area (Å²) in [6, 6.07) is 7.03. The SMILES string of the molecule is CCCc1nnc(NC(=O)/C(C#N)=C\c2ccc(OC)c(OC)c2)s1. The number of nitrogens with zero attached hydrogens (tertiary/aromatic N) is 3. The van der Waals surface area contributed by atoms with Crippen LogP contribution in [0.25, 0.3) is 6.08 Å². The second-order valence-corrected chi connectivity index (χ2v) is 6.05. The minimum Gasteiger partial charge on any atom is -0.493 e. The molecule has 0 fully saturated rings. The molecule has 1 heterocycles. The van der Waals surface area contributed by atoms with E-state index in [1.165, 1.54) is 31.6 Å². The van der Waals surface area contributed by atoms with E-state index >= 15 is 0 Å². The van der Waals surface area contributed by atoms with Crippen molar-refractivity contribution in [1.29, 1.82) is 5.26 Å². The van der Waals surface area contributed by atoms with Gasteiger partial charge in [0, 0.05) is 6.42 Å². The molecule has 0 spiro atoms. The Balaban J connectivity index is 2.18. The number of benzene rings is 1. The Labute approximate surface area is 149 Å². The maximum Gasteiger partial charge on any atom is 0.268 e. The molecule has 0 aliphatic rings. The maximum atomic E-state index is 12.3. The molecule has 0 atom stereocenters. The van der Waals surface area contributed by atoms with Gasteiger partial charge in [-0.3, -0.25) is 10.1 Å². The van der Waals surface area contributed by atoms with Crippen LogP contribution < -0.4 is 14.8 Å². The second-order valence-electron chi connectivity index (χ2n) is 4.99. The number of amides is 1. The predicted molar refractivity (Wildman–Crippen MR) is 95.7 cm³/mol. The lowest BCUT2D eigenvalue weighted by Gasteiger charge is -2.08. The lowest BCUT2D eigenvalue weighted by atomic mass is 10.1. The van der Waals surface area contributed by atoms with Crippen LogP contribution in [-0.4, -0.2) is 30.3 Å². The monoisotopic (exact) mass is 358 g/mol. The number of carbonyl (C=O) groups is 1. The zero-order valence-corrected chi connectivity index (χ0v) is 15.0. The number of carbonyl (C=O) groups excluding carboxylic acids is 1. The van der Waals surface area contributed by atoms with Crippen molar-refractivity contribution in [3.05, 3.63) is 34.3 Å². The number of anilines is 1. The summed E-state index contributed by atoms with van der Waals surface area (Å²) < 4.78 is 10.4. The smallest absolute Gasteiger partial charge is 0.268 e. The molecule has 0 aliphatic carbocycles. The summed E-state index contributed by atoms with van der Waals surface area (Å²) in [7, 11) is 3.06. The van der Waals surface area contributed by atoms with E-state index in [-0.39, 0.29) is 5.57 Å². The lowest BCUT2D eigenvalue weighted by molar-refractivity contribution is -0.112. The van der Waals surface area contributed by atoms with Gasteiger partial charge in [-0.15, -0.1) is 10.2 Å². The number of aryl methyl sites for hydroxylation is 1. The highest BCUT2D eigenvalue weighted by Gasteiger charge is 2.13. The minimum absolute atomic E-state index is 0.0422. The average molecular weight is 358 g/mol. The van der Waals surface area contributed by atoms with Gasteiger partial charge in [-0.2, -0.15) is 5.26 Å². The molecule has 0 aliphatic heterocycles. The van der Waals surface area contributed by atoms with E-state index in [0.717, 1.165) is 17.8 Å². The Morgan fingerprint density at radius 1 is 1.32 bits per heavy atom. The van der Waals surface area contributed by atoms with Gasteiger partial charge in [0.2, 0.25) is 5.13 Å². The molecule has 1 aromatic carbocycles. The fraction of sp³-hybridized carbons (Fsp3) is 0.294. The van der Waals surface area contributed by atoms with Gasteiger partial charge >= 0.3 is 0 Å². The Bertz CT molecular complexity index is 824. The molecular weight excluding hydrogens is 340 g/mol. The number of hydrogen-bond acceptors (Lipinski definition) is 7. The number of nitrogens with one attached hydrogen (secondary N) is 1. The summed E-state index contributed by atoms with van der Waals surface area (Å²) >= 11 is 1.30. The van der Waals surface area contributed by atoms with Gasteiger partial charge in [-0.25, -0.2) is 0 Å². The molecule has 0 bridgehead atoms. The quantitative estimate of drug-likeness (QED) is 0.603. The predicted octanol–water partition coefficient (Wildman–Crippen LogP) is 3.05. The molecule has 7 nitrogen and oxygen atoms in total. The molecule has 1 amide bonds. The third kappa shape index (κ3) is 4.78. The molecular formula is C17H18N4O3S. The lowest BCUT2D eigenvalue weighted by Crippen LogP contribution is -2.13. The van der Waals surface area contributed by atoms with Gasteiger partial charge in [0.1, 0.15) is 16.6 Å². The summed E-state index contributed by atoms with van der Waals surface area (Å²) in [4.78, 5) is 12.3. The summed E-state index contributed by atoms with van der Waals surface area (Å²) in [5, 5.41) is 21.0. The normalized spacial score (nSPS) is 10.9. The maximum absolute atomic E-state index is 12.3. The van der Waals surface area contributed by atoms with Crippen molar-refractivity contribution in [2.45, 2.75) is 19.8 Å². The topological polar surface area (TPSA) is 97.1 Å². The fourth-order valence-corrected chi connectivity index (χ4v) is 2.88. The van der Waals surface area contributed by atoms with Crippen LogP contribution in [0.15, 0.2) is 23.8 Å². The molecule has 0 unspecified atom stereocenters. The molecule has 25 heavy (non-hydrogen) atoms. The third-order valence-electron chi connectivity index (χ3n) is 3.23. The average Bonchev–Trinajstić information content (AvgIpc) is 3.06. The summed E-state index contributed by atoms with van der Waals surface area (Å²) in [6.45, 7) is 2.04. The largest absolute Gasteiger partial charge is 0.493 e. The first-order valence-electron chi connectivity index (χ1n) is 7.58. The number of nitriles is 1. The summed E-state index contributed by atoms with van der Waals surface area (Å²) in [5.74, 6) is 0.554. The standard InChI is InChI=1S/C17H18N4O3S/c1-4-5-15-20-21-17(25-15)19-16(22)12(10-18)8-11-6-7-13(23-2)14(9-11)24-3/h6-9H,4-5H2,1-3H3,(H,19,21,22)/b12-8-. The first-order valence-corrected chi connectivity index (χ1v) is 8.40. The fourth-order valence-electron chi connectivity index (χ4n) is 2.04. The van der Waals surface area contributed by atoms with Crippen LogP contribution in [0.2, 0.25) is 0 Å². The second kappa shape index (κ2) is 8.80. The van der Waals surface area contributed by atoms with E-state index in [9.17, 15) is 10.1 Å². The van der Waals surface area contributed by atoms with Crippen molar-refractivity contribution < 1.29 is 14.3 Å². The Hall–Kier alpha value is -2.92. The summed E-state index contributed by atoms with van der Waals surface area (Å²) in [6.07, 6.45) is 3.23. The van der Waals surface area contributed by atoms with Crippen molar-refractivity contribution in [3.63, 3.8) is 0 Å². The van der Waals surface area contributed by atoms with Crippen molar-refractivity contribution >= 4 is 28.5 Å². The van der Waals surface area contributed by atoms with Crippen molar-refractivity contribution in [2.24, 2.45) is 0 Å². The minimum atomic E-state index is -0.531. The molecule has 130 valence electrons. The zero-order chi connectivity index (χ0) is 18.2. The Morgan fingerprint density at radius 2 is 2.08 bits per heavy atom. The van der Waals surface area contributed by atoms with Crippen LogP contribution in [0.4, 0.5) is 5.13 Å². The van der Waals surface area contributed by atoms with Gasteiger partial charge in [-0.1, -0.05) is 24.3 Å². The van der Waals surface area contributed by atoms with Gasteiger partial charge in [0.15, 0.2) is 11.5 Å². The number of ether oxygens (including phenoxy) is 2. The Kier molecular flexibility index (Phi) is 6.48. The van der Waals surface area contributed by atoms with E-state index < -0.39 is 5.91 Å². The van der Waals surface area contributed by atoms with Crippen molar-refractivity contribution in [1.82, 2.24) is 10.2 Å². The highest BCUT2D eigenvalue weighted by molar-refractivity contribution is 7.15. The molecule has 1 N–H and O–H groups in total. The molecule has 0 saturated carbocycles. The first-order chi connectivity index (χ1) is 12.1. The highest BCUT2D eigenvalue weighted by atomic mass is 32.1. The van der Waals surface area contributed by atoms with Crippen molar-refractivity contribution in [2.75, 3.05) is 19.5 Å².